The van der Waals surface area contributed by atoms with E-state index in [-0.39, 0.29) is 38.4 Å². The zero-order chi connectivity index (χ0) is 25.8. The number of Topliss-reactive ketones (excluding diaryl/α,β-unsaturated/α-hetero) is 1. The standard InChI is InChI=1S/C25H29F4N3O3.H2/c1-15(2)35-16-5-6-17(18(26)13-16)22(34)31-11-9-24(10-12-31)20-8-7-19(21(33)25(27,28)29)32(20)14-23(3,4)30-24;/h5-8,13,15,30H,9-12,14H2,1-4H3;1H. The maximum absolute atomic E-state index is 14.7. The van der Waals surface area contributed by atoms with E-state index in [0.29, 0.717) is 24.3 Å². The first-order chi connectivity index (χ1) is 16.2. The Kier molecular flexibility index (Phi) is 6.24. The number of ketones is 1. The minimum atomic E-state index is -4.97. The fourth-order valence-electron chi connectivity index (χ4n) is 5.20. The van der Waals surface area contributed by atoms with Gasteiger partial charge in [-0.05, 0) is 64.8 Å². The van der Waals surface area contributed by atoms with Crippen molar-refractivity contribution in [3.63, 3.8) is 0 Å². The van der Waals surface area contributed by atoms with Crippen LogP contribution in [0.5, 0.6) is 5.75 Å². The molecule has 0 radical (unpaired) electrons. The van der Waals surface area contributed by atoms with Crippen LogP contribution in [0.4, 0.5) is 17.6 Å². The van der Waals surface area contributed by atoms with Crippen LogP contribution in [0.1, 0.15) is 68.5 Å². The number of alkyl halides is 3. The lowest BCUT2D eigenvalue weighted by Gasteiger charge is -2.51. The third-order valence-electron chi connectivity index (χ3n) is 6.54. The van der Waals surface area contributed by atoms with Gasteiger partial charge in [-0.2, -0.15) is 13.2 Å². The summed E-state index contributed by atoms with van der Waals surface area (Å²) in [7, 11) is 0. The molecule has 0 unspecified atom stereocenters. The molecule has 2 aromatic rings. The number of ether oxygens (including phenoxy) is 1. The lowest BCUT2D eigenvalue weighted by Crippen LogP contribution is -2.63. The molecule has 10 heteroatoms. The molecule has 2 aliphatic heterocycles. The summed E-state index contributed by atoms with van der Waals surface area (Å²) >= 11 is 0. The maximum atomic E-state index is 14.7. The van der Waals surface area contributed by atoms with Crippen molar-refractivity contribution < 1.29 is 33.3 Å². The molecular formula is C25H31F4N3O3. The molecule has 2 aliphatic rings. The molecule has 4 rings (SSSR count). The van der Waals surface area contributed by atoms with Crippen LogP contribution in [0.15, 0.2) is 30.3 Å². The summed E-state index contributed by atoms with van der Waals surface area (Å²) in [5, 5.41) is 3.55. The summed E-state index contributed by atoms with van der Waals surface area (Å²) in [6, 6.07) is 6.94. The number of hydrogen-bond acceptors (Lipinski definition) is 4. The van der Waals surface area contributed by atoms with Gasteiger partial charge in [0.05, 0.1) is 22.9 Å². The monoisotopic (exact) mass is 497 g/mol. The fourth-order valence-corrected chi connectivity index (χ4v) is 5.20. The number of benzene rings is 1. The molecule has 0 aliphatic carbocycles. The van der Waals surface area contributed by atoms with Crippen molar-refractivity contribution in [2.45, 2.75) is 70.4 Å². The van der Waals surface area contributed by atoms with Gasteiger partial charge < -0.3 is 14.2 Å². The number of amides is 1. The first-order valence-electron chi connectivity index (χ1n) is 11.6. The maximum Gasteiger partial charge on any atom is 0.456 e. The number of fused-ring (bicyclic) bond motifs is 2. The van der Waals surface area contributed by atoms with E-state index in [1.165, 1.54) is 22.8 Å². The van der Waals surface area contributed by atoms with Crippen molar-refractivity contribution >= 4 is 11.7 Å². The van der Waals surface area contributed by atoms with E-state index in [2.05, 4.69) is 5.32 Å². The number of carbonyl (C=O) groups is 2. The van der Waals surface area contributed by atoms with Crippen molar-refractivity contribution in [2.24, 2.45) is 0 Å². The quantitative estimate of drug-likeness (QED) is 0.481. The molecular weight excluding hydrogens is 466 g/mol. The number of halogens is 4. The minimum Gasteiger partial charge on any atom is -0.491 e. The zero-order valence-electron chi connectivity index (χ0n) is 20.1. The Hall–Kier alpha value is -2.88. The van der Waals surface area contributed by atoms with Gasteiger partial charge in [-0.15, -0.1) is 0 Å². The molecule has 1 saturated heterocycles. The van der Waals surface area contributed by atoms with E-state index in [0.717, 1.165) is 0 Å². The molecule has 0 bridgehead atoms. The smallest absolute Gasteiger partial charge is 0.456 e. The van der Waals surface area contributed by atoms with E-state index in [1.54, 1.807) is 17.0 Å². The summed E-state index contributed by atoms with van der Waals surface area (Å²) < 4.78 is 61.1. The van der Waals surface area contributed by atoms with Crippen molar-refractivity contribution in [1.29, 1.82) is 0 Å². The van der Waals surface area contributed by atoms with Crippen LogP contribution < -0.4 is 10.1 Å². The van der Waals surface area contributed by atoms with Crippen molar-refractivity contribution in [3.05, 3.63) is 53.1 Å². The Labute approximate surface area is 202 Å². The summed E-state index contributed by atoms with van der Waals surface area (Å²) in [5.41, 5.74) is -1.15. The van der Waals surface area contributed by atoms with Crippen LogP contribution in [0, 0.1) is 5.82 Å². The van der Waals surface area contributed by atoms with Gasteiger partial charge in [-0.1, -0.05) is 0 Å². The van der Waals surface area contributed by atoms with Gasteiger partial charge in [0.2, 0.25) is 0 Å². The summed E-state index contributed by atoms with van der Waals surface area (Å²) in [5.74, 6) is -2.66. The third-order valence-corrected chi connectivity index (χ3v) is 6.54. The van der Waals surface area contributed by atoms with Crippen molar-refractivity contribution in [1.82, 2.24) is 14.8 Å². The number of hydrogen-bond donors (Lipinski definition) is 1. The normalized spacial score (nSPS) is 19.1. The van der Waals surface area contributed by atoms with Crippen molar-refractivity contribution in [3.8, 4) is 5.75 Å². The molecule has 1 aromatic heterocycles. The molecule has 1 spiro atoms. The lowest BCUT2D eigenvalue weighted by molar-refractivity contribution is -0.0892. The van der Waals surface area contributed by atoms with E-state index >= 15 is 0 Å². The summed E-state index contributed by atoms with van der Waals surface area (Å²) in [6.07, 6.45) is -4.29. The van der Waals surface area contributed by atoms with Crippen LogP contribution in [0.25, 0.3) is 0 Å². The number of nitrogens with zero attached hydrogens (tertiary/aromatic N) is 2. The highest BCUT2D eigenvalue weighted by atomic mass is 19.4. The van der Waals surface area contributed by atoms with Gasteiger partial charge in [0.15, 0.2) is 0 Å². The van der Waals surface area contributed by atoms with Crippen LogP contribution >= 0.6 is 0 Å². The molecule has 0 saturated carbocycles. The molecule has 1 aromatic carbocycles. The van der Waals surface area contributed by atoms with Crippen LogP contribution in [-0.4, -0.2) is 52.1 Å². The number of aromatic nitrogens is 1. The second-order valence-electron chi connectivity index (χ2n) is 10.2. The molecule has 6 nitrogen and oxygen atoms in total. The van der Waals surface area contributed by atoms with Crippen LogP contribution in [0.3, 0.4) is 0 Å². The topological polar surface area (TPSA) is 63.6 Å². The van der Waals surface area contributed by atoms with Gasteiger partial charge in [-0.3, -0.25) is 14.9 Å². The van der Waals surface area contributed by atoms with E-state index < -0.39 is 34.8 Å². The van der Waals surface area contributed by atoms with Crippen LogP contribution in [-0.2, 0) is 12.1 Å². The summed E-state index contributed by atoms with van der Waals surface area (Å²) in [6.45, 7) is 8.13. The molecule has 3 heterocycles. The van der Waals surface area contributed by atoms with Gasteiger partial charge in [-0.25, -0.2) is 4.39 Å². The van der Waals surface area contributed by atoms with E-state index in [9.17, 15) is 27.2 Å². The SMILES string of the molecule is CC(C)Oc1ccc(C(=O)N2CCC3(CC2)NC(C)(C)Cn2c(C(=O)C(F)(F)F)ccc23)c(F)c1.[HH]. The number of nitrogens with one attached hydrogen (secondary N) is 1. The Morgan fingerprint density at radius 1 is 1.11 bits per heavy atom. The zero-order valence-corrected chi connectivity index (χ0v) is 20.1. The minimum absolute atomic E-state index is 0. The van der Waals surface area contributed by atoms with Crippen molar-refractivity contribution in [2.75, 3.05) is 13.1 Å². The number of carbonyl (C=O) groups excluding carboxylic acids is 2. The van der Waals surface area contributed by atoms with E-state index in [1.807, 2.05) is 27.7 Å². The number of likely N-dealkylation sites (tertiary alicyclic amines) is 1. The first kappa shape index (κ1) is 25.2. The Balaban J connectivity index is 0.00000361. The molecule has 0 atom stereocenters. The van der Waals surface area contributed by atoms with Gasteiger partial charge >= 0.3 is 6.18 Å². The number of piperidine rings is 1. The summed E-state index contributed by atoms with van der Waals surface area (Å²) in [4.78, 5) is 26.6. The van der Waals surface area contributed by atoms with Gasteiger partial charge in [0.1, 0.15) is 11.6 Å². The van der Waals surface area contributed by atoms with E-state index in [4.69, 9.17) is 4.74 Å². The highest BCUT2D eigenvalue weighted by molar-refractivity contribution is 5.99. The molecule has 1 fully saturated rings. The second kappa shape index (κ2) is 8.65. The highest BCUT2D eigenvalue weighted by Crippen LogP contribution is 2.41. The fraction of sp³-hybridized carbons (Fsp3) is 0.520. The Morgan fingerprint density at radius 2 is 1.77 bits per heavy atom. The third kappa shape index (κ3) is 4.80. The molecule has 1 N–H and O–H groups in total. The number of rotatable bonds is 4. The van der Waals surface area contributed by atoms with Crippen LogP contribution in [0.2, 0.25) is 0 Å². The highest BCUT2D eigenvalue weighted by Gasteiger charge is 2.49. The predicted molar refractivity (Wildman–Crippen MR) is 123 cm³/mol. The van der Waals surface area contributed by atoms with Gasteiger partial charge in [0, 0.05) is 38.4 Å². The second-order valence-corrected chi connectivity index (χ2v) is 10.2. The Morgan fingerprint density at radius 3 is 2.34 bits per heavy atom. The molecule has 35 heavy (non-hydrogen) atoms. The lowest BCUT2D eigenvalue weighted by atomic mass is 9.79. The Bertz CT molecular complexity index is 1150. The largest absolute Gasteiger partial charge is 0.491 e. The molecule has 1 amide bonds. The molecule has 192 valence electrons. The first-order valence-corrected chi connectivity index (χ1v) is 11.6. The van der Waals surface area contributed by atoms with Gasteiger partial charge in [0.25, 0.3) is 11.7 Å². The predicted octanol–water partition coefficient (Wildman–Crippen LogP) is 4.92. The average Bonchev–Trinajstić information content (AvgIpc) is 3.15. The average molecular weight is 498 g/mol.